The van der Waals surface area contributed by atoms with Crippen LogP contribution in [0.25, 0.3) is 0 Å². The molecule has 0 spiro atoms. The Balaban J connectivity index is 2.05. The van der Waals surface area contributed by atoms with Crippen LogP contribution in [0.15, 0.2) is 0 Å². The van der Waals surface area contributed by atoms with Gasteiger partial charge in [-0.05, 0) is 25.9 Å². The summed E-state index contributed by atoms with van der Waals surface area (Å²) in [4.78, 5) is 24.2. The van der Waals surface area contributed by atoms with E-state index >= 15 is 0 Å². The average molecular weight is 248 g/mol. The molecule has 2 N–H and O–H groups in total. The van der Waals surface area contributed by atoms with Crippen molar-refractivity contribution >= 4 is 23.5 Å². The Labute approximate surface area is 101 Å². The zero-order chi connectivity index (χ0) is 11.8. The van der Waals surface area contributed by atoms with Gasteiger partial charge in [-0.15, -0.1) is 11.6 Å². The van der Waals surface area contributed by atoms with Crippen molar-refractivity contribution in [2.75, 3.05) is 32.1 Å². The number of alkyl halides is 1. The molecule has 1 aliphatic heterocycles. The van der Waals surface area contributed by atoms with Crippen LogP contribution in [0.4, 0.5) is 4.79 Å². The molecule has 1 aliphatic rings. The first-order chi connectivity index (χ1) is 7.72. The topological polar surface area (TPSA) is 61.4 Å². The summed E-state index contributed by atoms with van der Waals surface area (Å²) in [5, 5.41) is 4.75. The maximum absolute atomic E-state index is 11.1. The van der Waals surface area contributed by atoms with Crippen LogP contribution in [0.5, 0.6) is 0 Å². The van der Waals surface area contributed by atoms with E-state index < -0.39 is 11.9 Å². The molecule has 0 saturated carbocycles. The third-order valence-electron chi connectivity index (χ3n) is 2.54. The summed E-state index contributed by atoms with van der Waals surface area (Å²) in [7, 11) is 0. The molecule has 6 heteroatoms. The van der Waals surface area contributed by atoms with E-state index in [2.05, 4.69) is 15.5 Å². The fraction of sp³-hybridized carbons (Fsp3) is 0.800. The van der Waals surface area contributed by atoms with Gasteiger partial charge in [-0.1, -0.05) is 6.42 Å². The number of piperidine rings is 1. The molecule has 1 saturated heterocycles. The summed E-state index contributed by atoms with van der Waals surface area (Å²) in [5.41, 5.74) is 0. The Bertz CT molecular complexity index is 242. The van der Waals surface area contributed by atoms with Gasteiger partial charge >= 0.3 is 6.03 Å². The number of urea groups is 1. The zero-order valence-corrected chi connectivity index (χ0v) is 10.1. The van der Waals surface area contributed by atoms with Gasteiger partial charge in [0.05, 0.1) is 0 Å². The molecule has 0 atom stereocenters. The molecule has 1 fully saturated rings. The predicted molar refractivity (Wildman–Crippen MR) is 62.6 cm³/mol. The van der Waals surface area contributed by atoms with E-state index in [0.29, 0.717) is 6.54 Å². The van der Waals surface area contributed by atoms with E-state index in [1.165, 1.54) is 19.3 Å². The van der Waals surface area contributed by atoms with Crippen molar-refractivity contribution in [1.29, 1.82) is 0 Å². The van der Waals surface area contributed by atoms with Crippen molar-refractivity contribution in [3.8, 4) is 0 Å². The highest BCUT2D eigenvalue weighted by Crippen LogP contribution is 2.07. The molecule has 1 heterocycles. The Kier molecular flexibility index (Phi) is 6.18. The van der Waals surface area contributed by atoms with E-state index in [1.807, 2.05) is 0 Å². The lowest BCUT2D eigenvalue weighted by Crippen LogP contribution is -2.43. The summed E-state index contributed by atoms with van der Waals surface area (Å²) in [6.07, 6.45) is 3.77. The Morgan fingerprint density at radius 2 is 1.88 bits per heavy atom. The fourth-order valence-corrected chi connectivity index (χ4v) is 1.78. The van der Waals surface area contributed by atoms with Crippen LogP contribution >= 0.6 is 11.6 Å². The number of hydrogen-bond acceptors (Lipinski definition) is 3. The molecule has 92 valence electrons. The Morgan fingerprint density at radius 3 is 2.50 bits per heavy atom. The molecule has 5 nitrogen and oxygen atoms in total. The van der Waals surface area contributed by atoms with Crippen molar-refractivity contribution in [1.82, 2.24) is 15.5 Å². The number of nitrogens with one attached hydrogen (secondary N) is 2. The van der Waals surface area contributed by atoms with Crippen LogP contribution in [0.1, 0.15) is 19.3 Å². The van der Waals surface area contributed by atoms with E-state index in [4.69, 9.17) is 11.6 Å². The van der Waals surface area contributed by atoms with Crippen LogP contribution in [0.2, 0.25) is 0 Å². The zero-order valence-electron chi connectivity index (χ0n) is 9.30. The van der Waals surface area contributed by atoms with E-state index in [-0.39, 0.29) is 5.88 Å². The first-order valence-electron chi connectivity index (χ1n) is 5.58. The highest BCUT2D eigenvalue weighted by molar-refractivity contribution is 6.28. The minimum atomic E-state index is -0.475. The molecule has 0 unspecified atom stereocenters. The predicted octanol–water partition coefficient (Wildman–Crippen LogP) is 0.537. The highest BCUT2D eigenvalue weighted by atomic mass is 35.5. The maximum atomic E-state index is 11.1. The summed E-state index contributed by atoms with van der Waals surface area (Å²) in [6.45, 7) is 3.59. The molecular weight excluding hydrogens is 230 g/mol. The van der Waals surface area contributed by atoms with Gasteiger partial charge < -0.3 is 10.2 Å². The summed E-state index contributed by atoms with van der Waals surface area (Å²) in [6, 6.07) is -0.470. The number of carbonyl (C=O) groups is 2. The monoisotopic (exact) mass is 247 g/mol. The fourth-order valence-electron chi connectivity index (χ4n) is 1.71. The van der Waals surface area contributed by atoms with Crippen molar-refractivity contribution in [2.24, 2.45) is 0 Å². The van der Waals surface area contributed by atoms with Gasteiger partial charge in [0, 0.05) is 13.1 Å². The minimum Gasteiger partial charge on any atom is -0.337 e. The molecule has 16 heavy (non-hydrogen) atoms. The molecule has 0 radical (unpaired) electrons. The van der Waals surface area contributed by atoms with Gasteiger partial charge in [0.1, 0.15) is 5.88 Å². The van der Waals surface area contributed by atoms with Crippen molar-refractivity contribution in [3.05, 3.63) is 0 Å². The van der Waals surface area contributed by atoms with E-state index in [9.17, 15) is 9.59 Å². The third-order valence-corrected chi connectivity index (χ3v) is 2.78. The normalized spacial score (nSPS) is 16.8. The molecule has 0 bridgehead atoms. The molecule has 0 aliphatic carbocycles. The number of hydrogen-bond donors (Lipinski definition) is 2. The Morgan fingerprint density at radius 1 is 1.19 bits per heavy atom. The number of carbonyl (C=O) groups excluding carboxylic acids is 2. The van der Waals surface area contributed by atoms with Gasteiger partial charge in [0.2, 0.25) is 5.91 Å². The molecule has 0 aromatic rings. The van der Waals surface area contributed by atoms with E-state index in [1.54, 1.807) is 0 Å². The summed E-state index contributed by atoms with van der Waals surface area (Å²) in [5.74, 6) is -0.670. The lowest BCUT2D eigenvalue weighted by molar-refractivity contribution is -0.117. The first-order valence-corrected chi connectivity index (χ1v) is 6.12. The smallest absolute Gasteiger partial charge is 0.321 e. The average Bonchev–Trinajstić information content (AvgIpc) is 2.30. The van der Waals surface area contributed by atoms with Gasteiger partial charge in [-0.25, -0.2) is 4.79 Å². The third kappa shape index (κ3) is 5.32. The van der Waals surface area contributed by atoms with Crippen LogP contribution in [0.3, 0.4) is 0 Å². The quantitative estimate of drug-likeness (QED) is 0.713. The SMILES string of the molecule is O=C(CCl)NC(=O)NCCN1CCCCC1. The maximum Gasteiger partial charge on any atom is 0.321 e. The van der Waals surface area contributed by atoms with Crippen LogP contribution in [0, 0.1) is 0 Å². The number of likely N-dealkylation sites (tertiary alicyclic amines) is 1. The second-order valence-electron chi connectivity index (χ2n) is 3.84. The van der Waals surface area contributed by atoms with Crippen molar-refractivity contribution < 1.29 is 9.59 Å². The minimum absolute atomic E-state index is 0.195. The number of imide groups is 1. The lowest BCUT2D eigenvalue weighted by Gasteiger charge is -2.26. The number of amides is 3. The molecular formula is C10H18ClN3O2. The first kappa shape index (κ1) is 13.3. The van der Waals surface area contributed by atoms with Gasteiger partial charge in [-0.2, -0.15) is 0 Å². The van der Waals surface area contributed by atoms with Gasteiger partial charge in [0.25, 0.3) is 0 Å². The molecule has 0 aromatic heterocycles. The molecule has 3 amide bonds. The van der Waals surface area contributed by atoms with Crippen molar-refractivity contribution in [3.63, 3.8) is 0 Å². The summed E-state index contributed by atoms with van der Waals surface area (Å²) < 4.78 is 0. The van der Waals surface area contributed by atoms with Gasteiger partial charge in [0.15, 0.2) is 0 Å². The van der Waals surface area contributed by atoms with Crippen LogP contribution in [-0.4, -0.2) is 48.9 Å². The molecule has 0 aromatic carbocycles. The number of halogens is 1. The summed E-state index contributed by atoms with van der Waals surface area (Å²) >= 11 is 5.25. The molecule has 1 rings (SSSR count). The van der Waals surface area contributed by atoms with E-state index in [0.717, 1.165) is 19.6 Å². The van der Waals surface area contributed by atoms with Gasteiger partial charge in [-0.3, -0.25) is 10.1 Å². The number of rotatable bonds is 4. The lowest BCUT2D eigenvalue weighted by atomic mass is 10.1. The second-order valence-corrected chi connectivity index (χ2v) is 4.11. The second kappa shape index (κ2) is 7.46. The highest BCUT2D eigenvalue weighted by Gasteiger charge is 2.10. The number of nitrogens with zero attached hydrogens (tertiary/aromatic N) is 1. The van der Waals surface area contributed by atoms with Crippen molar-refractivity contribution in [2.45, 2.75) is 19.3 Å². The largest absolute Gasteiger partial charge is 0.337 e. The standard InChI is InChI=1S/C10H18ClN3O2/c11-8-9(15)13-10(16)12-4-7-14-5-2-1-3-6-14/h1-8H2,(H2,12,13,15,16). The van der Waals surface area contributed by atoms with Crippen LogP contribution in [-0.2, 0) is 4.79 Å². The Hall–Kier alpha value is -0.810. The van der Waals surface area contributed by atoms with Crippen LogP contribution < -0.4 is 10.6 Å².